The SMILES string of the molecule is Cc1nc(C)c(C(C)NC2CCN(C3CC3)CC2)s1. The molecule has 1 N–H and O–H groups in total. The lowest BCUT2D eigenvalue weighted by Crippen LogP contribution is -2.43. The van der Waals surface area contributed by atoms with Gasteiger partial charge in [0.15, 0.2) is 0 Å². The van der Waals surface area contributed by atoms with Crippen LogP contribution in [0.15, 0.2) is 0 Å². The van der Waals surface area contributed by atoms with Gasteiger partial charge < -0.3 is 10.2 Å². The molecule has 3 rings (SSSR count). The molecule has 1 saturated heterocycles. The van der Waals surface area contributed by atoms with Crippen LogP contribution in [-0.2, 0) is 0 Å². The Kier molecular flexibility index (Phi) is 3.92. The average molecular weight is 279 g/mol. The number of nitrogens with one attached hydrogen (secondary N) is 1. The number of piperidine rings is 1. The van der Waals surface area contributed by atoms with Crippen molar-refractivity contribution in [1.82, 2.24) is 15.2 Å². The lowest BCUT2D eigenvalue weighted by molar-refractivity contribution is 0.184. The molecule has 1 unspecified atom stereocenters. The molecule has 1 aliphatic carbocycles. The summed E-state index contributed by atoms with van der Waals surface area (Å²) in [7, 11) is 0. The first-order valence-corrected chi connectivity index (χ1v) is 8.39. The predicted octanol–water partition coefficient (Wildman–Crippen LogP) is 3.04. The van der Waals surface area contributed by atoms with Crippen molar-refractivity contribution in [2.75, 3.05) is 13.1 Å². The zero-order chi connectivity index (χ0) is 13.4. The molecule has 0 bridgehead atoms. The summed E-state index contributed by atoms with van der Waals surface area (Å²) in [4.78, 5) is 8.64. The third-order valence-corrected chi connectivity index (χ3v) is 5.67. The molecule has 2 fully saturated rings. The summed E-state index contributed by atoms with van der Waals surface area (Å²) in [5, 5.41) is 5.00. The van der Waals surface area contributed by atoms with Crippen LogP contribution in [-0.4, -0.2) is 35.1 Å². The Morgan fingerprint density at radius 3 is 2.42 bits per heavy atom. The molecule has 1 aliphatic heterocycles. The van der Waals surface area contributed by atoms with E-state index in [9.17, 15) is 0 Å². The molecule has 0 amide bonds. The van der Waals surface area contributed by atoms with Gasteiger partial charge in [0.05, 0.1) is 10.7 Å². The Labute approximate surface area is 120 Å². The molecule has 106 valence electrons. The first-order chi connectivity index (χ1) is 9.13. The number of likely N-dealkylation sites (tertiary alicyclic amines) is 1. The fourth-order valence-electron chi connectivity index (χ4n) is 3.25. The molecule has 4 heteroatoms. The number of hydrogen-bond donors (Lipinski definition) is 1. The van der Waals surface area contributed by atoms with Crippen molar-refractivity contribution >= 4 is 11.3 Å². The fraction of sp³-hybridized carbons (Fsp3) is 0.800. The lowest BCUT2D eigenvalue weighted by atomic mass is 10.0. The Morgan fingerprint density at radius 2 is 1.89 bits per heavy atom. The predicted molar refractivity (Wildman–Crippen MR) is 80.8 cm³/mol. The van der Waals surface area contributed by atoms with Crippen LogP contribution >= 0.6 is 11.3 Å². The van der Waals surface area contributed by atoms with Crippen LogP contribution in [0.5, 0.6) is 0 Å². The van der Waals surface area contributed by atoms with Crippen LogP contribution in [0.25, 0.3) is 0 Å². The summed E-state index contributed by atoms with van der Waals surface area (Å²) < 4.78 is 0. The van der Waals surface area contributed by atoms with Gasteiger partial charge in [0.25, 0.3) is 0 Å². The maximum atomic E-state index is 4.54. The first kappa shape index (κ1) is 13.5. The topological polar surface area (TPSA) is 28.2 Å². The molecule has 3 nitrogen and oxygen atoms in total. The maximum absolute atomic E-state index is 4.54. The minimum Gasteiger partial charge on any atom is -0.307 e. The summed E-state index contributed by atoms with van der Waals surface area (Å²) in [6.07, 6.45) is 5.48. The standard InChI is InChI=1S/C15H25N3S/c1-10-15(19-12(3)16-10)11(2)17-13-6-8-18(9-7-13)14-4-5-14/h11,13-14,17H,4-9H2,1-3H3. The second-order valence-electron chi connectivity index (χ2n) is 6.11. The highest BCUT2D eigenvalue weighted by Gasteiger charge is 2.32. The summed E-state index contributed by atoms with van der Waals surface area (Å²) in [6.45, 7) is 9.09. The van der Waals surface area contributed by atoms with Gasteiger partial charge in [0, 0.05) is 23.0 Å². The third-order valence-electron chi connectivity index (χ3n) is 4.41. The second-order valence-corrected chi connectivity index (χ2v) is 7.35. The van der Waals surface area contributed by atoms with Gasteiger partial charge in [-0.15, -0.1) is 11.3 Å². The van der Waals surface area contributed by atoms with E-state index in [0.717, 1.165) is 6.04 Å². The normalized spacial score (nSPS) is 23.7. The van der Waals surface area contributed by atoms with Gasteiger partial charge in [-0.2, -0.15) is 0 Å². The van der Waals surface area contributed by atoms with Crippen molar-refractivity contribution in [1.29, 1.82) is 0 Å². The van der Waals surface area contributed by atoms with E-state index < -0.39 is 0 Å². The van der Waals surface area contributed by atoms with Gasteiger partial charge in [-0.25, -0.2) is 4.98 Å². The van der Waals surface area contributed by atoms with E-state index in [1.54, 1.807) is 0 Å². The van der Waals surface area contributed by atoms with E-state index in [1.165, 1.54) is 54.4 Å². The molecule has 2 aliphatic rings. The van der Waals surface area contributed by atoms with Crippen molar-refractivity contribution in [3.05, 3.63) is 15.6 Å². The molecule has 1 saturated carbocycles. The summed E-state index contributed by atoms with van der Waals surface area (Å²) in [5.41, 5.74) is 1.21. The Balaban J connectivity index is 1.52. The number of rotatable bonds is 4. The van der Waals surface area contributed by atoms with Crippen molar-refractivity contribution < 1.29 is 0 Å². The Bertz CT molecular complexity index is 431. The van der Waals surface area contributed by atoms with Crippen LogP contribution < -0.4 is 5.32 Å². The van der Waals surface area contributed by atoms with E-state index in [0.29, 0.717) is 12.1 Å². The Morgan fingerprint density at radius 1 is 1.21 bits per heavy atom. The zero-order valence-corrected chi connectivity index (χ0v) is 13.1. The smallest absolute Gasteiger partial charge is 0.0900 e. The molecule has 1 atom stereocenters. The van der Waals surface area contributed by atoms with Crippen LogP contribution in [0.2, 0.25) is 0 Å². The van der Waals surface area contributed by atoms with Crippen LogP contribution in [0.1, 0.15) is 54.2 Å². The molecule has 19 heavy (non-hydrogen) atoms. The van der Waals surface area contributed by atoms with Gasteiger partial charge >= 0.3 is 0 Å². The molecule has 0 spiro atoms. The zero-order valence-electron chi connectivity index (χ0n) is 12.3. The lowest BCUT2D eigenvalue weighted by Gasteiger charge is -2.33. The largest absolute Gasteiger partial charge is 0.307 e. The van der Waals surface area contributed by atoms with Crippen LogP contribution in [0.3, 0.4) is 0 Å². The van der Waals surface area contributed by atoms with E-state index in [1.807, 2.05) is 11.3 Å². The monoisotopic (exact) mass is 279 g/mol. The molecule has 1 aromatic heterocycles. The maximum Gasteiger partial charge on any atom is 0.0900 e. The number of aromatic nitrogens is 1. The van der Waals surface area contributed by atoms with E-state index in [2.05, 4.69) is 36.0 Å². The van der Waals surface area contributed by atoms with Gasteiger partial charge in [0.1, 0.15) is 0 Å². The van der Waals surface area contributed by atoms with Gasteiger partial charge in [-0.05, 0) is 59.5 Å². The van der Waals surface area contributed by atoms with Crippen molar-refractivity contribution in [3.63, 3.8) is 0 Å². The molecule has 2 heterocycles. The Hall–Kier alpha value is -0.450. The minimum absolute atomic E-state index is 0.448. The highest BCUT2D eigenvalue weighted by molar-refractivity contribution is 7.11. The second kappa shape index (κ2) is 5.51. The highest BCUT2D eigenvalue weighted by atomic mass is 32.1. The number of hydrogen-bond acceptors (Lipinski definition) is 4. The van der Waals surface area contributed by atoms with E-state index in [-0.39, 0.29) is 0 Å². The summed E-state index contributed by atoms with van der Waals surface area (Å²) in [5.74, 6) is 0. The summed E-state index contributed by atoms with van der Waals surface area (Å²) >= 11 is 1.84. The quantitative estimate of drug-likeness (QED) is 0.918. The minimum atomic E-state index is 0.448. The van der Waals surface area contributed by atoms with Gasteiger partial charge in [0.2, 0.25) is 0 Å². The van der Waals surface area contributed by atoms with Gasteiger partial charge in [-0.1, -0.05) is 0 Å². The van der Waals surface area contributed by atoms with Crippen LogP contribution in [0.4, 0.5) is 0 Å². The van der Waals surface area contributed by atoms with E-state index >= 15 is 0 Å². The molecule has 0 aromatic carbocycles. The van der Waals surface area contributed by atoms with Crippen molar-refractivity contribution in [2.45, 2.75) is 64.6 Å². The van der Waals surface area contributed by atoms with E-state index in [4.69, 9.17) is 0 Å². The van der Waals surface area contributed by atoms with Crippen molar-refractivity contribution in [3.8, 4) is 0 Å². The molecule has 1 aromatic rings. The molecular formula is C15H25N3S. The first-order valence-electron chi connectivity index (χ1n) is 7.57. The number of aryl methyl sites for hydroxylation is 2. The third kappa shape index (κ3) is 3.18. The molecular weight excluding hydrogens is 254 g/mol. The van der Waals surface area contributed by atoms with Gasteiger partial charge in [-0.3, -0.25) is 0 Å². The van der Waals surface area contributed by atoms with Crippen molar-refractivity contribution in [2.24, 2.45) is 0 Å². The molecule has 0 radical (unpaired) electrons. The highest BCUT2D eigenvalue weighted by Crippen LogP contribution is 2.30. The number of nitrogens with zero attached hydrogens (tertiary/aromatic N) is 2. The summed E-state index contributed by atoms with van der Waals surface area (Å²) in [6, 6.07) is 2.07. The average Bonchev–Trinajstić information content (AvgIpc) is 3.16. The van der Waals surface area contributed by atoms with Crippen LogP contribution in [0, 0.1) is 13.8 Å². The fourth-order valence-corrected chi connectivity index (χ4v) is 4.19. The number of thiazole rings is 1.